The Labute approximate surface area is 262 Å². The monoisotopic (exact) mass is 622 g/mol. The van der Waals surface area contributed by atoms with Crippen LogP contribution in [0.15, 0.2) is 106 Å². The van der Waals surface area contributed by atoms with Gasteiger partial charge >= 0.3 is 0 Å². The summed E-state index contributed by atoms with van der Waals surface area (Å²) in [6.07, 6.45) is 3.50. The molecule has 0 saturated heterocycles. The summed E-state index contributed by atoms with van der Waals surface area (Å²) in [5.74, 6) is 0.900. The van der Waals surface area contributed by atoms with Crippen molar-refractivity contribution in [2.24, 2.45) is 4.99 Å². The standard InChI is InChI=1S/C36H28ClFN2O3S/c1-2-42-31-19-23(9-18-30(31)43-21-22-7-13-26(37)14-8-22)20-32-35(41)40-34(25-10-15-27(38)16-11-25)29-17-12-24-5-3-4-6-28(24)33(29)39-36(40)44-32/h3-11,13-16,18-20,34H,2,12,17,21H2,1H3/b32-20+/t34-/m1/s1. The highest BCUT2D eigenvalue weighted by molar-refractivity contribution is 7.07. The van der Waals surface area contributed by atoms with E-state index in [1.165, 1.54) is 29.0 Å². The smallest absolute Gasteiger partial charge is 0.271 e. The van der Waals surface area contributed by atoms with Crippen LogP contribution < -0.4 is 24.4 Å². The lowest BCUT2D eigenvalue weighted by Gasteiger charge is -2.30. The molecule has 0 fully saturated rings. The van der Waals surface area contributed by atoms with Crippen LogP contribution in [0, 0.1) is 5.82 Å². The van der Waals surface area contributed by atoms with Crippen LogP contribution in [0.5, 0.6) is 11.5 Å². The largest absolute Gasteiger partial charge is 0.490 e. The second-order valence-electron chi connectivity index (χ2n) is 10.7. The highest BCUT2D eigenvalue weighted by atomic mass is 35.5. The van der Waals surface area contributed by atoms with Crippen molar-refractivity contribution in [3.63, 3.8) is 0 Å². The number of nitrogens with zero attached hydrogens (tertiary/aromatic N) is 2. The second-order valence-corrected chi connectivity index (χ2v) is 12.2. The van der Waals surface area contributed by atoms with Crippen molar-refractivity contribution < 1.29 is 13.9 Å². The normalized spacial score (nSPS) is 15.7. The number of aromatic nitrogens is 1. The zero-order valence-electron chi connectivity index (χ0n) is 23.9. The van der Waals surface area contributed by atoms with E-state index in [0.717, 1.165) is 46.4 Å². The molecule has 220 valence electrons. The van der Waals surface area contributed by atoms with Gasteiger partial charge in [0.05, 0.1) is 22.9 Å². The lowest BCUT2D eigenvalue weighted by molar-refractivity contribution is 0.269. The molecular weight excluding hydrogens is 595 g/mol. The first-order valence-electron chi connectivity index (χ1n) is 14.5. The Balaban J connectivity index is 1.30. The summed E-state index contributed by atoms with van der Waals surface area (Å²) in [5, 5.41) is 0.673. The van der Waals surface area contributed by atoms with Gasteiger partial charge in [-0.2, -0.15) is 0 Å². The number of hydrogen-bond donors (Lipinski definition) is 0. The summed E-state index contributed by atoms with van der Waals surface area (Å²) in [6, 6.07) is 27.5. The van der Waals surface area contributed by atoms with Gasteiger partial charge in [-0.1, -0.05) is 77.5 Å². The Morgan fingerprint density at radius 1 is 0.977 bits per heavy atom. The van der Waals surface area contributed by atoms with Crippen LogP contribution in [0.1, 0.15) is 47.2 Å². The number of thiazole rings is 1. The van der Waals surface area contributed by atoms with Gasteiger partial charge in [0.15, 0.2) is 16.3 Å². The topological polar surface area (TPSA) is 52.8 Å². The van der Waals surface area contributed by atoms with Crippen molar-refractivity contribution in [1.29, 1.82) is 0 Å². The fourth-order valence-electron chi connectivity index (χ4n) is 5.86. The fourth-order valence-corrected chi connectivity index (χ4v) is 6.99. The minimum absolute atomic E-state index is 0.130. The van der Waals surface area contributed by atoms with Crippen LogP contribution in [0.25, 0.3) is 11.8 Å². The number of fused-ring (bicyclic) bond motifs is 3. The quantitative estimate of drug-likeness (QED) is 0.195. The minimum atomic E-state index is -0.361. The van der Waals surface area contributed by atoms with Gasteiger partial charge in [0.1, 0.15) is 12.4 Å². The van der Waals surface area contributed by atoms with Crippen LogP contribution in [-0.4, -0.2) is 11.2 Å². The Morgan fingerprint density at radius 2 is 1.77 bits per heavy atom. The van der Waals surface area contributed by atoms with Crippen LogP contribution in [0.3, 0.4) is 0 Å². The van der Waals surface area contributed by atoms with Gasteiger partial charge in [-0.25, -0.2) is 9.38 Å². The van der Waals surface area contributed by atoms with E-state index in [4.69, 9.17) is 26.1 Å². The molecule has 1 atom stereocenters. The van der Waals surface area contributed by atoms with Gasteiger partial charge in [-0.05, 0) is 90.1 Å². The predicted octanol–water partition coefficient (Wildman–Crippen LogP) is 7.09. The Bertz CT molecular complexity index is 2080. The van der Waals surface area contributed by atoms with Crippen LogP contribution >= 0.6 is 22.9 Å². The van der Waals surface area contributed by atoms with Gasteiger partial charge in [-0.3, -0.25) is 9.36 Å². The van der Waals surface area contributed by atoms with E-state index < -0.39 is 0 Å². The lowest BCUT2D eigenvalue weighted by atomic mass is 9.83. The molecule has 0 unspecified atom stereocenters. The number of ether oxygens (including phenoxy) is 2. The molecule has 0 radical (unpaired) electrons. The van der Waals surface area contributed by atoms with Crippen molar-refractivity contribution >= 4 is 34.7 Å². The van der Waals surface area contributed by atoms with Crippen molar-refractivity contribution in [3.05, 3.63) is 155 Å². The molecule has 0 spiro atoms. The number of halogens is 2. The predicted molar refractivity (Wildman–Crippen MR) is 173 cm³/mol. The third-order valence-electron chi connectivity index (χ3n) is 7.93. The molecule has 0 N–H and O–H groups in total. The van der Waals surface area contributed by atoms with E-state index in [9.17, 15) is 9.18 Å². The van der Waals surface area contributed by atoms with E-state index >= 15 is 0 Å². The Morgan fingerprint density at radius 3 is 2.57 bits per heavy atom. The Kier molecular flexibility index (Phi) is 7.66. The number of allylic oxidation sites excluding steroid dienone is 1. The molecule has 5 aromatic rings. The zero-order chi connectivity index (χ0) is 30.2. The van der Waals surface area contributed by atoms with Gasteiger partial charge in [0.2, 0.25) is 0 Å². The molecule has 1 aromatic heterocycles. The number of benzene rings is 4. The summed E-state index contributed by atoms with van der Waals surface area (Å²) < 4.78 is 28.3. The first-order chi connectivity index (χ1) is 21.5. The molecule has 8 heteroatoms. The van der Waals surface area contributed by atoms with Crippen molar-refractivity contribution in [1.82, 2.24) is 4.57 Å². The molecule has 0 amide bonds. The number of hydrogen-bond acceptors (Lipinski definition) is 5. The molecule has 1 aliphatic heterocycles. The first-order valence-corrected chi connectivity index (χ1v) is 15.7. The maximum atomic E-state index is 14.1. The second kappa shape index (κ2) is 11.9. The average Bonchev–Trinajstić information content (AvgIpc) is 3.35. The number of rotatable bonds is 7. The molecule has 7 rings (SSSR count). The van der Waals surface area contributed by atoms with Crippen molar-refractivity contribution in [2.75, 3.05) is 6.61 Å². The molecule has 2 aliphatic rings. The molecule has 4 aromatic carbocycles. The van der Waals surface area contributed by atoms with Crippen molar-refractivity contribution in [3.8, 4) is 11.5 Å². The van der Waals surface area contributed by atoms with E-state index in [0.29, 0.717) is 39.1 Å². The summed E-state index contributed by atoms with van der Waals surface area (Å²) in [4.78, 5) is 19.8. The van der Waals surface area contributed by atoms with Crippen LogP contribution in [0.4, 0.5) is 4.39 Å². The first kappa shape index (κ1) is 28.3. The summed E-state index contributed by atoms with van der Waals surface area (Å²) >= 11 is 7.37. The summed E-state index contributed by atoms with van der Waals surface area (Å²) in [5.41, 5.74) is 6.86. The molecule has 0 bridgehead atoms. The molecule has 5 nitrogen and oxygen atoms in total. The van der Waals surface area contributed by atoms with Crippen molar-refractivity contribution in [2.45, 2.75) is 32.4 Å². The van der Waals surface area contributed by atoms with Gasteiger partial charge in [0, 0.05) is 10.6 Å². The molecule has 0 saturated carbocycles. The highest BCUT2D eigenvalue weighted by Gasteiger charge is 2.32. The van der Waals surface area contributed by atoms with E-state index in [1.54, 1.807) is 16.7 Å². The summed E-state index contributed by atoms with van der Waals surface area (Å²) in [7, 11) is 0. The SMILES string of the molecule is CCOc1cc(/C=c2/sc3n(c2=O)[C@H](c2ccc(F)cc2)C2=C(N=3)c3ccccc3CC2)ccc1OCc1ccc(Cl)cc1. The molecule has 1 aliphatic carbocycles. The van der Waals surface area contributed by atoms with Gasteiger partial charge in [0.25, 0.3) is 5.56 Å². The summed E-state index contributed by atoms with van der Waals surface area (Å²) in [6.45, 7) is 2.75. The highest BCUT2D eigenvalue weighted by Crippen LogP contribution is 2.41. The molecular formula is C36H28ClFN2O3S. The van der Waals surface area contributed by atoms with Gasteiger partial charge in [-0.15, -0.1) is 0 Å². The minimum Gasteiger partial charge on any atom is -0.490 e. The van der Waals surface area contributed by atoms with E-state index in [1.807, 2.05) is 67.6 Å². The fraction of sp³-hybridized carbons (Fsp3) is 0.167. The molecule has 2 heterocycles. The third-order valence-corrected chi connectivity index (χ3v) is 9.17. The third kappa shape index (κ3) is 5.38. The molecule has 44 heavy (non-hydrogen) atoms. The van der Waals surface area contributed by atoms with E-state index in [2.05, 4.69) is 12.1 Å². The maximum Gasteiger partial charge on any atom is 0.271 e. The van der Waals surface area contributed by atoms with Crippen LogP contribution in [0.2, 0.25) is 5.02 Å². The number of aryl methyl sites for hydroxylation is 1. The van der Waals surface area contributed by atoms with E-state index in [-0.39, 0.29) is 17.4 Å². The maximum absolute atomic E-state index is 14.1. The lowest BCUT2D eigenvalue weighted by Crippen LogP contribution is -2.38. The van der Waals surface area contributed by atoms with Gasteiger partial charge < -0.3 is 9.47 Å². The van der Waals surface area contributed by atoms with Crippen LogP contribution in [-0.2, 0) is 13.0 Å². The average molecular weight is 623 g/mol. The Hall–Kier alpha value is -4.46. The zero-order valence-corrected chi connectivity index (χ0v) is 25.5.